The van der Waals surface area contributed by atoms with Crippen LogP contribution in [0, 0.1) is 12.7 Å². The second kappa shape index (κ2) is 13.6. The number of carbonyl (C=O) groups excluding carboxylic acids is 2. The average Bonchev–Trinajstić information content (AvgIpc) is 2.93. The van der Waals surface area contributed by atoms with Gasteiger partial charge in [-0.1, -0.05) is 61.3 Å². The van der Waals surface area contributed by atoms with E-state index in [1.165, 1.54) is 41.3 Å². The minimum Gasteiger partial charge on any atom is -0.354 e. The zero-order chi connectivity index (χ0) is 28.6. The van der Waals surface area contributed by atoms with Crippen molar-refractivity contribution in [3.63, 3.8) is 0 Å². The second-order valence-electron chi connectivity index (χ2n) is 9.18. The zero-order valence-corrected chi connectivity index (χ0v) is 23.8. The van der Waals surface area contributed by atoms with Gasteiger partial charge in [0.05, 0.1) is 10.6 Å². The van der Waals surface area contributed by atoms with E-state index >= 15 is 0 Å². The lowest BCUT2D eigenvalue weighted by atomic mass is 10.1. The van der Waals surface area contributed by atoms with E-state index in [4.69, 9.17) is 11.6 Å². The van der Waals surface area contributed by atoms with Crippen molar-refractivity contribution in [2.45, 2.75) is 51.1 Å². The van der Waals surface area contributed by atoms with Gasteiger partial charge >= 0.3 is 0 Å². The van der Waals surface area contributed by atoms with Crippen LogP contribution in [0.4, 0.5) is 10.1 Å². The van der Waals surface area contributed by atoms with Gasteiger partial charge in [-0.05, 0) is 67.8 Å². The van der Waals surface area contributed by atoms with Crippen LogP contribution in [0.15, 0.2) is 77.7 Å². The van der Waals surface area contributed by atoms with Crippen molar-refractivity contribution >= 4 is 39.1 Å². The molecule has 3 aromatic rings. The number of anilines is 1. The monoisotopic (exact) mass is 573 g/mol. The Bertz CT molecular complexity index is 1390. The summed E-state index contributed by atoms with van der Waals surface area (Å²) in [4.78, 5) is 28.2. The molecule has 0 aliphatic heterocycles. The molecule has 7 nitrogen and oxygen atoms in total. The number of carbonyl (C=O) groups is 2. The topological polar surface area (TPSA) is 86.8 Å². The predicted molar refractivity (Wildman–Crippen MR) is 151 cm³/mol. The molecule has 0 aliphatic carbocycles. The molecule has 0 spiro atoms. The molecule has 39 heavy (non-hydrogen) atoms. The molecular weight excluding hydrogens is 541 g/mol. The maximum atomic E-state index is 13.9. The molecule has 1 unspecified atom stereocenters. The molecule has 3 rings (SSSR count). The third kappa shape index (κ3) is 7.58. The first-order valence-electron chi connectivity index (χ1n) is 12.7. The molecule has 0 aliphatic rings. The molecule has 0 aromatic heterocycles. The third-order valence-corrected chi connectivity index (χ3v) is 8.56. The molecule has 0 radical (unpaired) electrons. The summed E-state index contributed by atoms with van der Waals surface area (Å²) in [5.41, 5.74) is 1.33. The van der Waals surface area contributed by atoms with Gasteiger partial charge in [0, 0.05) is 18.1 Å². The highest BCUT2D eigenvalue weighted by molar-refractivity contribution is 7.92. The Labute approximate surface area is 234 Å². The van der Waals surface area contributed by atoms with Crippen LogP contribution in [0.2, 0.25) is 5.02 Å². The summed E-state index contributed by atoms with van der Waals surface area (Å²) in [5.74, 6) is -1.40. The molecule has 10 heteroatoms. The predicted octanol–water partition coefficient (Wildman–Crippen LogP) is 5.32. The van der Waals surface area contributed by atoms with Gasteiger partial charge in [0.25, 0.3) is 10.0 Å². The van der Waals surface area contributed by atoms with E-state index in [1.807, 2.05) is 6.92 Å². The van der Waals surface area contributed by atoms with Crippen molar-refractivity contribution in [1.82, 2.24) is 10.2 Å². The quantitative estimate of drug-likeness (QED) is 0.297. The van der Waals surface area contributed by atoms with Crippen LogP contribution in [-0.2, 0) is 26.2 Å². The highest BCUT2D eigenvalue weighted by atomic mass is 35.5. The number of hydrogen-bond donors (Lipinski definition) is 1. The van der Waals surface area contributed by atoms with E-state index < -0.39 is 34.3 Å². The van der Waals surface area contributed by atoms with Gasteiger partial charge in [0.15, 0.2) is 0 Å². The smallest absolute Gasteiger partial charge is 0.264 e. The molecule has 0 saturated heterocycles. The van der Waals surface area contributed by atoms with Gasteiger partial charge in [0.2, 0.25) is 11.8 Å². The van der Waals surface area contributed by atoms with Crippen LogP contribution in [0.1, 0.15) is 37.8 Å². The number of rotatable bonds is 12. The standard InChI is InChI=1S/C29H33ClFN3O4S/c1-4-5-18-32-29(36)22(3)33(19-23-14-16-24(31)17-15-23)28(35)20-34(27-13-9-12-26(30)21(27)2)39(37,38)25-10-7-6-8-11-25/h6-17,22H,4-5,18-20H2,1-3H3,(H,32,36). The number of unbranched alkanes of at least 4 members (excludes halogenated alkanes) is 1. The SMILES string of the molecule is CCCCNC(=O)C(C)N(Cc1ccc(F)cc1)C(=O)CN(c1cccc(Cl)c1C)S(=O)(=O)c1ccccc1. The first-order chi connectivity index (χ1) is 18.6. The molecule has 208 valence electrons. The maximum Gasteiger partial charge on any atom is 0.264 e. The van der Waals surface area contributed by atoms with Crippen molar-refractivity contribution in [3.05, 3.63) is 94.8 Å². The first kappa shape index (κ1) is 30.1. The Morgan fingerprint density at radius 3 is 2.31 bits per heavy atom. The number of hydrogen-bond acceptors (Lipinski definition) is 4. The molecule has 3 aromatic carbocycles. The third-order valence-electron chi connectivity index (χ3n) is 6.38. The number of nitrogens with zero attached hydrogens (tertiary/aromatic N) is 2. The van der Waals surface area contributed by atoms with Gasteiger partial charge in [0.1, 0.15) is 18.4 Å². The summed E-state index contributed by atoms with van der Waals surface area (Å²) in [7, 11) is -4.19. The fraction of sp³-hybridized carbons (Fsp3) is 0.310. The number of benzene rings is 3. The molecule has 1 atom stereocenters. The summed E-state index contributed by atoms with van der Waals surface area (Å²) in [6.45, 7) is 5.12. The van der Waals surface area contributed by atoms with Crippen LogP contribution < -0.4 is 9.62 Å². The van der Waals surface area contributed by atoms with Gasteiger partial charge in [-0.25, -0.2) is 12.8 Å². The van der Waals surface area contributed by atoms with E-state index in [2.05, 4.69) is 5.32 Å². The lowest BCUT2D eigenvalue weighted by Gasteiger charge is -2.32. The zero-order valence-electron chi connectivity index (χ0n) is 22.2. The van der Waals surface area contributed by atoms with E-state index in [9.17, 15) is 22.4 Å². The molecule has 0 bridgehead atoms. The van der Waals surface area contributed by atoms with Crippen LogP contribution in [0.25, 0.3) is 0 Å². The summed E-state index contributed by atoms with van der Waals surface area (Å²) in [5, 5.41) is 3.18. The Kier molecular flexibility index (Phi) is 10.5. The van der Waals surface area contributed by atoms with Gasteiger partial charge in [-0.15, -0.1) is 0 Å². The number of amides is 2. The Hall–Kier alpha value is -3.43. The van der Waals surface area contributed by atoms with Crippen molar-refractivity contribution in [2.75, 3.05) is 17.4 Å². The molecule has 0 heterocycles. The van der Waals surface area contributed by atoms with Crippen LogP contribution in [-0.4, -0.2) is 44.3 Å². The second-order valence-corrected chi connectivity index (χ2v) is 11.4. The van der Waals surface area contributed by atoms with Crippen molar-refractivity contribution in [1.29, 1.82) is 0 Å². The molecule has 0 saturated carbocycles. The van der Waals surface area contributed by atoms with E-state index in [-0.39, 0.29) is 23.0 Å². The summed E-state index contributed by atoms with van der Waals surface area (Å²) < 4.78 is 42.2. The molecule has 0 fully saturated rings. The largest absolute Gasteiger partial charge is 0.354 e. The first-order valence-corrected chi connectivity index (χ1v) is 14.5. The molecule has 2 amide bonds. The van der Waals surface area contributed by atoms with E-state index in [1.54, 1.807) is 50.2 Å². The van der Waals surface area contributed by atoms with Crippen LogP contribution in [0.3, 0.4) is 0 Å². The molecular formula is C29H33ClFN3O4S. The Balaban J connectivity index is 2.02. The Morgan fingerprint density at radius 1 is 1.00 bits per heavy atom. The molecule has 1 N–H and O–H groups in total. The number of nitrogens with one attached hydrogen (secondary N) is 1. The van der Waals surface area contributed by atoms with Crippen molar-refractivity contribution < 1.29 is 22.4 Å². The Morgan fingerprint density at radius 2 is 1.67 bits per heavy atom. The summed E-state index contributed by atoms with van der Waals surface area (Å²) in [6.07, 6.45) is 1.67. The lowest BCUT2D eigenvalue weighted by Crippen LogP contribution is -2.51. The maximum absolute atomic E-state index is 13.9. The van der Waals surface area contributed by atoms with Crippen LogP contribution in [0.5, 0.6) is 0 Å². The summed E-state index contributed by atoms with van der Waals surface area (Å²) in [6, 6.07) is 17.3. The average molecular weight is 574 g/mol. The van der Waals surface area contributed by atoms with Gasteiger partial charge < -0.3 is 10.2 Å². The minimum atomic E-state index is -4.19. The van der Waals surface area contributed by atoms with Gasteiger partial charge in [-0.2, -0.15) is 0 Å². The lowest BCUT2D eigenvalue weighted by molar-refractivity contribution is -0.139. The number of halogens is 2. The fourth-order valence-electron chi connectivity index (χ4n) is 4.00. The highest BCUT2D eigenvalue weighted by Crippen LogP contribution is 2.31. The summed E-state index contributed by atoms with van der Waals surface area (Å²) >= 11 is 6.33. The highest BCUT2D eigenvalue weighted by Gasteiger charge is 2.33. The fourth-order valence-corrected chi connectivity index (χ4v) is 5.67. The number of sulfonamides is 1. The van der Waals surface area contributed by atoms with Crippen molar-refractivity contribution in [3.8, 4) is 0 Å². The van der Waals surface area contributed by atoms with Crippen molar-refractivity contribution in [2.24, 2.45) is 0 Å². The van der Waals surface area contributed by atoms with E-state index in [0.717, 1.165) is 17.1 Å². The normalized spacial score (nSPS) is 12.0. The van der Waals surface area contributed by atoms with Crippen LogP contribution >= 0.6 is 11.6 Å². The minimum absolute atomic E-state index is 0.00705. The van der Waals surface area contributed by atoms with E-state index in [0.29, 0.717) is 22.7 Å². The van der Waals surface area contributed by atoms with Gasteiger partial charge in [-0.3, -0.25) is 13.9 Å².